The number of piperidine rings is 1. The number of nitrogens with one attached hydrogen (secondary N) is 1. The first-order chi connectivity index (χ1) is 20.2. The molecule has 2 aromatic heterocycles. The Bertz CT molecular complexity index is 1510. The van der Waals surface area contributed by atoms with E-state index < -0.39 is 8.07 Å². The smallest absolute Gasteiger partial charge is 0.217 e. The lowest BCUT2D eigenvalue weighted by Gasteiger charge is -2.38. The van der Waals surface area contributed by atoms with E-state index in [2.05, 4.69) is 59.2 Å². The molecule has 1 N–H and O–H groups in total. The maximum absolute atomic E-state index is 11.5. The summed E-state index contributed by atoms with van der Waals surface area (Å²) in [6.45, 7) is 10.7. The minimum Gasteiger partial charge on any atom is -0.460 e. The Morgan fingerprint density at radius 2 is 1.76 bits per heavy atom. The first kappa shape index (κ1) is 28.7. The number of carbonyl (C=O) groups is 1. The van der Waals surface area contributed by atoms with Crippen molar-refractivity contribution in [3.05, 3.63) is 66.6 Å². The molecule has 0 aliphatic carbocycles. The Balaban J connectivity index is 1.07. The van der Waals surface area contributed by atoms with E-state index >= 15 is 0 Å². The third-order valence-corrected chi connectivity index (χ3v) is 10.2. The number of furan rings is 1. The number of carbonyl (C=O) groups excluding carboxylic acids is 1. The fourth-order valence-corrected chi connectivity index (χ4v) is 7.12. The van der Waals surface area contributed by atoms with Crippen molar-refractivity contribution < 1.29 is 18.7 Å². The summed E-state index contributed by atoms with van der Waals surface area (Å²) in [4.78, 5) is 14.1. The summed E-state index contributed by atoms with van der Waals surface area (Å²) in [5, 5.41) is 8.66. The Morgan fingerprint density at radius 3 is 2.48 bits per heavy atom. The third-order valence-electron chi connectivity index (χ3n) is 8.48. The zero-order chi connectivity index (χ0) is 29.3. The highest BCUT2D eigenvalue weighted by molar-refractivity contribution is 6.76. The van der Waals surface area contributed by atoms with E-state index in [0.29, 0.717) is 24.9 Å². The van der Waals surface area contributed by atoms with Gasteiger partial charge in [0.25, 0.3) is 0 Å². The molecule has 222 valence electrons. The maximum atomic E-state index is 11.5. The van der Waals surface area contributed by atoms with E-state index in [-0.39, 0.29) is 5.91 Å². The van der Waals surface area contributed by atoms with Gasteiger partial charge in [-0.3, -0.25) is 9.69 Å². The van der Waals surface area contributed by atoms with Gasteiger partial charge >= 0.3 is 0 Å². The summed E-state index contributed by atoms with van der Waals surface area (Å²) >= 11 is 0. The normalized spacial score (nSPS) is 20.7. The van der Waals surface area contributed by atoms with Crippen LogP contribution in [0.15, 0.2) is 65.2 Å². The topological polar surface area (TPSA) is 81.8 Å². The van der Waals surface area contributed by atoms with Crippen LogP contribution in [0.2, 0.25) is 25.7 Å². The summed E-state index contributed by atoms with van der Waals surface area (Å²) in [7, 11) is -1.12. The van der Waals surface area contributed by atoms with Crippen LogP contribution in [0.4, 0.5) is 0 Å². The number of hydrogen-bond acceptors (Lipinski definition) is 6. The zero-order valence-corrected chi connectivity index (χ0v) is 26.1. The molecule has 9 heteroatoms. The molecular weight excluding hydrogens is 544 g/mol. The summed E-state index contributed by atoms with van der Waals surface area (Å²) < 4.78 is 20.3. The van der Waals surface area contributed by atoms with Crippen LogP contribution in [0.5, 0.6) is 11.5 Å². The number of rotatable bonds is 11. The van der Waals surface area contributed by atoms with Crippen molar-refractivity contribution >= 4 is 25.0 Å². The molecule has 1 amide bonds. The number of amides is 1. The summed E-state index contributed by atoms with van der Waals surface area (Å²) in [5.41, 5.74) is 2.92. The number of nitrogens with zero attached hydrogens (tertiary/aromatic N) is 3. The first-order valence-electron chi connectivity index (χ1n) is 15.1. The number of benzene rings is 2. The fraction of sp³-hybridized carbons (Fsp3) is 0.455. The molecule has 2 aromatic carbocycles. The Morgan fingerprint density at radius 1 is 1.02 bits per heavy atom. The lowest BCUT2D eigenvalue weighted by molar-refractivity contribution is -0.120. The van der Waals surface area contributed by atoms with E-state index in [9.17, 15) is 4.79 Å². The van der Waals surface area contributed by atoms with Crippen LogP contribution >= 0.6 is 0 Å². The third kappa shape index (κ3) is 6.80. The molecule has 6 rings (SSSR count). The average molecular weight is 587 g/mol. The van der Waals surface area contributed by atoms with Crippen LogP contribution in [-0.4, -0.2) is 53.4 Å². The minimum absolute atomic E-state index is 0.0696. The predicted molar refractivity (Wildman–Crippen MR) is 167 cm³/mol. The molecule has 2 saturated heterocycles. The van der Waals surface area contributed by atoms with Gasteiger partial charge in [0.15, 0.2) is 0 Å². The predicted octanol–water partition coefficient (Wildman–Crippen LogP) is 7.03. The number of fused-ring (bicyclic) bond motifs is 3. The van der Waals surface area contributed by atoms with Crippen molar-refractivity contribution in [2.75, 3.05) is 6.61 Å². The quantitative estimate of drug-likeness (QED) is 0.150. The monoisotopic (exact) mass is 586 g/mol. The first-order valence-corrected chi connectivity index (χ1v) is 18.8. The highest BCUT2D eigenvalue weighted by atomic mass is 28.3. The van der Waals surface area contributed by atoms with Crippen molar-refractivity contribution in [1.82, 2.24) is 20.0 Å². The number of hydrogen-bond donors (Lipinski definition) is 1. The molecule has 42 heavy (non-hydrogen) atoms. The van der Waals surface area contributed by atoms with Crippen LogP contribution in [0.1, 0.15) is 38.4 Å². The Labute approximate surface area is 249 Å². The Hall–Kier alpha value is -3.40. The highest BCUT2D eigenvalue weighted by Gasteiger charge is 2.41. The van der Waals surface area contributed by atoms with Gasteiger partial charge in [0, 0.05) is 62.9 Å². The van der Waals surface area contributed by atoms with Crippen LogP contribution in [0.3, 0.4) is 0 Å². The van der Waals surface area contributed by atoms with Crippen LogP contribution < -0.4 is 10.1 Å². The molecule has 0 unspecified atom stereocenters. The molecule has 0 saturated carbocycles. The molecule has 2 bridgehead atoms. The largest absolute Gasteiger partial charge is 0.460 e. The SMILES string of the molecule is CC(=O)N[C@H]1C[C@H]2CC[C@@H](C1)N2Cc1cc2ccc(Oc3ccc(-c4ccnn4COCC[Si](C)(C)C)cc3)cc2o1. The lowest BCUT2D eigenvalue weighted by atomic mass is 9.97. The number of aromatic nitrogens is 2. The molecule has 4 heterocycles. The summed E-state index contributed by atoms with van der Waals surface area (Å²) in [6.07, 6.45) is 6.22. The van der Waals surface area contributed by atoms with Crippen molar-refractivity contribution in [2.24, 2.45) is 0 Å². The highest BCUT2D eigenvalue weighted by Crippen LogP contribution is 2.38. The summed E-state index contributed by atoms with van der Waals surface area (Å²) in [5.74, 6) is 2.55. The van der Waals surface area contributed by atoms with Gasteiger partial charge in [-0.25, -0.2) is 4.68 Å². The van der Waals surface area contributed by atoms with E-state index in [0.717, 1.165) is 71.5 Å². The molecule has 2 aliphatic heterocycles. The summed E-state index contributed by atoms with van der Waals surface area (Å²) in [6, 6.07) is 20.7. The number of ether oxygens (including phenoxy) is 2. The minimum atomic E-state index is -1.12. The van der Waals surface area contributed by atoms with Gasteiger partial charge in [0.2, 0.25) is 5.91 Å². The van der Waals surface area contributed by atoms with Gasteiger partial charge in [-0.2, -0.15) is 5.10 Å². The van der Waals surface area contributed by atoms with Gasteiger partial charge in [-0.05, 0) is 80.3 Å². The standard InChI is InChI=1S/C33H42N4O4Si/c1-23(38)35-26-18-27-8-9-28(19-26)36(27)21-31-17-25-7-12-30(20-33(25)41-31)40-29-10-5-24(6-11-29)32-13-14-34-37(32)22-39-15-16-42(2,3)4/h5-7,10-14,17,20,26-28H,8-9,15-16,18-19,21-22H2,1-4H3,(H,35,38)/t26-,27+,28-. The molecular formula is C33H42N4O4Si. The van der Waals surface area contributed by atoms with E-state index in [4.69, 9.17) is 13.9 Å². The lowest BCUT2D eigenvalue weighted by Crippen LogP contribution is -2.49. The van der Waals surface area contributed by atoms with Crippen LogP contribution in [0, 0.1) is 0 Å². The second-order valence-electron chi connectivity index (χ2n) is 13.0. The zero-order valence-electron chi connectivity index (χ0n) is 25.1. The van der Waals surface area contributed by atoms with Gasteiger partial charge in [-0.1, -0.05) is 19.6 Å². The molecule has 4 aromatic rings. The van der Waals surface area contributed by atoms with Crippen molar-refractivity contribution in [2.45, 2.75) is 89.7 Å². The Kier molecular flexibility index (Phi) is 8.25. The second kappa shape index (κ2) is 12.1. The molecule has 0 spiro atoms. The molecule has 8 nitrogen and oxygen atoms in total. The fourth-order valence-electron chi connectivity index (χ4n) is 6.37. The van der Waals surface area contributed by atoms with Gasteiger partial charge in [0.1, 0.15) is 29.6 Å². The van der Waals surface area contributed by atoms with Crippen molar-refractivity contribution in [3.63, 3.8) is 0 Å². The van der Waals surface area contributed by atoms with Crippen molar-refractivity contribution in [3.8, 4) is 22.8 Å². The van der Waals surface area contributed by atoms with E-state index in [1.54, 1.807) is 6.92 Å². The second-order valence-corrected chi connectivity index (χ2v) is 18.7. The molecule has 2 aliphatic rings. The maximum Gasteiger partial charge on any atom is 0.217 e. The van der Waals surface area contributed by atoms with Gasteiger partial charge < -0.3 is 19.2 Å². The molecule has 3 atom stereocenters. The van der Waals surface area contributed by atoms with Gasteiger partial charge in [-0.15, -0.1) is 0 Å². The van der Waals surface area contributed by atoms with Gasteiger partial charge in [0.05, 0.1) is 12.2 Å². The van der Waals surface area contributed by atoms with Crippen LogP contribution in [0.25, 0.3) is 22.2 Å². The van der Waals surface area contributed by atoms with Crippen molar-refractivity contribution in [1.29, 1.82) is 0 Å². The molecule has 2 fully saturated rings. The van der Waals surface area contributed by atoms with Crippen LogP contribution in [-0.2, 0) is 22.8 Å². The average Bonchev–Trinajstić information content (AvgIpc) is 3.62. The van der Waals surface area contributed by atoms with E-state index in [1.165, 1.54) is 12.8 Å². The molecule has 0 radical (unpaired) electrons. The van der Waals surface area contributed by atoms with E-state index in [1.807, 2.05) is 41.2 Å².